The standard InChI is InChI=1S/C18H32N2O3/c1-23-12-14-4-6-15(7-5-14)19-16-8-17(9-16)20(11-18(21)22)10-13-2-3-13/h13-17,19H,2-12H2,1H3,(H,21,22). The van der Waals surface area contributed by atoms with Crippen LogP contribution in [0.1, 0.15) is 51.4 Å². The summed E-state index contributed by atoms with van der Waals surface area (Å²) in [5.41, 5.74) is 0. The maximum absolute atomic E-state index is 11.1. The summed E-state index contributed by atoms with van der Waals surface area (Å²) in [5, 5.41) is 12.9. The summed E-state index contributed by atoms with van der Waals surface area (Å²) in [6.07, 6.45) is 9.88. The van der Waals surface area contributed by atoms with Gasteiger partial charge in [-0.15, -0.1) is 0 Å². The third kappa shape index (κ3) is 5.16. The summed E-state index contributed by atoms with van der Waals surface area (Å²) in [6, 6.07) is 1.74. The van der Waals surface area contributed by atoms with Gasteiger partial charge in [-0.1, -0.05) is 0 Å². The lowest BCUT2D eigenvalue weighted by atomic mass is 9.81. The van der Waals surface area contributed by atoms with Crippen LogP contribution in [0.2, 0.25) is 0 Å². The second-order valence-electron chi connectivity index (χ2n) is 7.93. The van der Waals surface area contributed by atoms with Crippen LogP contribution in [-0.4, -0.2) is 60.9 Å². The van der Waals surface area contributed by atoms with Crippen LogP contribution in [-0.2, 0) is 9.53 Å². The predicted octanol–water partition coefficient (Wildman–Crippen LogP) is 2.11. The number of aliphatic carboxylic acids is 1. The van der Waals surface area contributed by atoms with E-state index in [2.05, 4.69) is 10.2 Å². The molecule has 0 spiro atoms. The molecular weight excluding hydrogens is 292 g/mol. The highest BCUT2D eigenvalue weighted by Gasteiger charge is 2.38. The van der Waals surface area contributed by atoms with Crippen molar-refractivity contribution in [3.8, 4) is 0 Å². The van der Waals surface area contributed by atoms with E-state index in [1.54, 1.807) is 7.11 Å². The molecule has 0 heterocycles. The van der Waals surface area contributed by atoms with Gasteiger partial charge >= 0.3 is 5.97 Å². The molecular formula is C18H32N2O3. The predicted molar refractivity (Wildman–Crippen MR) is 89.5 cm³/mol. The number of hydrogen-bond donors (Lipinski definition) is 2. The summed E-state index contributed by atoms with van der Waals surface area (Å²) in [7, 11) is 1.79. The Morgan fingerprint density at radius 2 is 1.74 bits per heavy atom. The smallest absolute Gasteiger partial charge is 0.317 e. The quantitative estimate of drug-likeness (QED) is 0.680. The zero-order valence-corrected chi connectivity index (χ0v) is 14.4. The van der Waals surface area contributed by atoms with Crippen LogP contribution in [0.4, 0.5) is 0 Å². The largest absolute Gasteiger partial charge is 0.480 e. The third-order valence-corrected chi connectivity index (χ3v) is 5.88. The number of nitrogens with one attached hydrogen (secondary N) is 1. The molecule has 0 aliphatic heterocycles. The fraction of sp³-hybridized carbons (Fsp3) is 0.944. The van der Waals surface area contributed by atoms with Gasteiger partial charge in [0.25, 0.3) is 0 Å². The molecule has 132 valence electrons. The van der Waals surface area contributed by atoms with Crippen LogP contribution in [0.15, 0.2) is 0 Å². The summed E-state index contributed by atoms with van der Waals surface area (Å²) >= 11 is 0. The van der Waals surface area contributed by atoms with Crippen molar-refractivity contribution in [3.63, 3.8) is 0 Å². The molecule has 0 saturated heterocycles. The minimum absolute atomic E-state index is 0.218. The summed E-state index contributed by atoms with van der Waals surface area (Å²) in [4.78, 5) is 13.3. The highest BCUT2D eigenvalue weighted by Crippen LogP contribution is 2.34. The van der Waals surface area contributed by atoms with E-state index in [1.807, 2.05) is 0 Å². The van der Waals surface area contributed by atoms with E-state index in [1.165, 1.54) is 38.5 Å². The first-order valence-corrected chi connectivity index (χ1v) is 9.35. The summed E-state index contributed by atoms with van der Waals surface area (Å²) in [5.74, 6) is 0.827. The number of carboxylic acids is 1. The van der Waals surface area contributed by atoms with E-state index in [-0.39, 0.29) is 6.54 Å². The molecule has 3 aliphatic rings. The number of carbonyl (C=O) groups is 1. The number of methoxy groups -OCH3 is 1. The summed E-state index contributed by atoms with van der Waals surface area (Å²) in [6.45, 7) is 2.12. The van der Waals surface area contributed by atoms with Gasteiger partial charge in [-0.3, -0.25) is 9.69 Å². The Bertz CT molecular complexity index is 386. The number of carboxylic acid groups (broad SMARTS) is 1. The van der Waals surface area contributed by atoms with E-state index in [9.17, 15) is 4.79 Å². The van der Waals surface area contributed by atoms with Crippen LogP contribution >= 0.6 is 0 Å². The molecule has 3 aliphatic carbocycles. The molecule has 0 aromatic carbocycles. The molecule has 23 heavy (non-hydrogen) atoms. The molecule has 5 nitrogen and oxygen atoms in total. The van der Waals surface area contributed by atoms with Crippen molar-refractivity contribution in [2.75, 3.05) is 26.8 Å². The van der Waals surface area contributed by atoms with E-state index >= 15 is 0 Å². The molecule has 2 N–H and O–H groups in total. The summed E-state index contributed by atoms with van der Waals surface area (Å²) < 4.78 is 5.26. The molecule has 0 aromatic heterocycles. The first-order chi connectivity index (χ1) is 11.1. The van der Waals surface area contributed by atoms with Crippen LogP contribution in [0.5, 0.6) is 0 Å². The first kappa shape index (κ1) is 17.2. The van der Waals surface area contributed by atoms with Crippen molar-refractivity contribution in [2.24, 2.45) is 11.8 Å². The fourth-order valence-electron chi connectivity index (χ4n) is 4.24. The average molecular weight is 324 g/mol. The lowest BCUT2D eigenvalue weighted by molar-refractivity contribution is -0.139. The SMILES string of the molecule is COCC1CCC(NC2CC(N(CC(=O)O)CC3CC3)C2)CC1. The molecule has 0 aromatic rings. The van der Waals surface area contributed by atoms with Crippen molar-refractivity contribution in [3.05, 3.63) is 0 Å². The molecule has 0 bridgehead atoms. The highest BCUT2D eigenvalue weighted by molar-refractivity contribution is 5.69. The number of hydrogen-bond acceptors (Lipinski definition) is 4. The van der Waals surface area contributed by atoms with Crippen LogP contribution < -0.4 is 5.32 Å². The highest BCUT2D eigenvalue weighted by atomic mass is 16.5. The van der Waals surface area contributed by atoms with Crippen molar-refractivity contribution in [2.45, 2.75) is 69.5 Å². The Morgan fingerprint density at radius 1 is 1.09 bits per heavy atom. The van der Waals surface area contributed by atoms with Gasteiger partial charge in [-0.2, -0.15) is 0 Å². The number of rotatable bonds is 9. The lowest BCUT2D eigenvalue weighted by Gasteiger charge is -2.45. The Labute approximate surface area is 139 Å². The minimum atomic E-state index is -0.682. The van der Waals surface area contributed by atoms with E-state index < -0.39 is 5.97 Å². The monoisotopic (exact) mass is 324 g/mol. The second-order valence-corrected chi connectivity index (χ2v) is 7.93. The Hall–Kier alpha value is -0.650. The van der Waals surface area contributed by atoms with Crippen LogP contribution in [0.25, 0.3) is 0 Å². The number of ether oxygens (including phenoxy) is 1. The zero-order chi connectivity index (χ0) is 16.2. The van der Waals surface area contributed by atoms with Crippen LogP contribution in [0, 0.1) is 11.8 Å². The van der Waals surface area contributed by atoms with E-state index in [0.717, 1.165) is 37.8 Å². The molecule has 3 saturated carbocycles. The molecule has 0 amide bonds. The zero-order valence-electron chi connectivity index (χ0n) is 14.4. The maximum Gasteiger partial charge on any atom is 0.317 e. The Kier molecular flexibility index (Phi) is 5.94. The van der Waals surface area contributed by atoms with Crippen molar-refractivity contribution >= 4 is 5.97 Å². The van der Waals surface area contributed by atoms with Gasteiger partial charge < -0.3 is 15.2 Å². The topological polar surface area (TPSA) is 61.8 Å². The van der Waals surface area contributed by atoms with Gasteiger partial charge in [0.15, 0.2) is 0 Å². The minimum Gasteiger partial charge on any atom is -0.480 e. The molecule has 0 radical (unpaired) electrons. The van der Waals surface area contributed by atoms with Crippen molar-refractivity contribution in [1.29, 1.82) is 0 Å². The number of nitrogens with zero attached hydrogens (tertiary/aromatic N) is 1. The average Bonchev–Trinajstić information content (AvgIpc) is 3.27. The lowest BCUT2D eigenvalue weighted by Crippen LogP contribution is -2.56. The van der Waals surface area contributed by atoms with Gasteiger partial charge in [-0.25, -0.2) is 0 Å². The van der Waals surface area contributed by atoms with E-state index in [4.69, 9.17) is 9.84 Å². The van der Waals surface area contributed by atoms with Crippen molar-refractivity contribution in [1.82, 2.24) is 10.2 Å². The van der Waals surface area contributed by atoms with Gasteiger partial charge in [0.2, 0.25) is 0 Å². The second kappa shape index (κ2) is 7.95. The third-order valence-electron chi connectivity index (χ3n) is 5.88. The molecule has 0 atom stereocenters. The van der Waals surface area contributed by atoms with Gasteiger partial charge in [-0.05, 0) is 63.2 Å². The molecule has 3 fully saturated rings. The molecule has 5 heteroatoms. The Balaban J connectivity index is 1.35. The molecule has 3 rings (SSSR count). The maximum atomic E-state index is 11.1. The van der Waals surface area contributed by atoms with Gasteiger partial charge in [0, 0.05) is 38.4 Å². The molecule has 0 unspecified atom stereocenters. The van der Waals surface area contributed by atoms with Crippen LogP contribution in [0.3, 0.4) is 0 Å². The first-order valence-electron chi connectivity index (χ1n) is 9.35. The van der Waals surface area contributed by atoms with Gasteiger partial charge in [0.1, 0.15) is 0 Å². The fourth-order valence-corrected chi connectivity index (χ4v) is 4.24. The van der Waals surface area contributed by atoms with Crippen molar-refractivity contribution < 1.29 is 14.6 Å². The van der Waals surface area contributed by atoms with E-state index in [0.29, 0.717) is 18.1 Å². The Morgan fingerprint density at radius 3 is 2.30 bits per heavy atom. The van der Waals surface area contributed by atoms with Gasteiger partial charge in [0.05, 0.1) is 6.54 Å². The normalized spacial score (nSPS) is 34.3.